The number of hydrogen-bond acceptors (Lipinski definition) is 6. The molecule has 1 aromatic carbocycles. The number of anilines is 1. The largest absolute Gasteiger partial charge is 0.379 e. The average molecular weight is 293 g/mol. The molecule has 8 heteroatoms. The van der Waals surface area contributed by atoms with E-state index in [4.69, 9.17) is 4.74 Å². The second-order valence-corrected chi connectivity index (χ2v) is 5.09. The summed E-state index contributed by atoms with van der Waals surface area (Å²) in [7, 11) is 1.55. The first-order valence-corrected chi connectivity index (χ1v) is 6.58. The van der Waals surface area contributed by atoms with Gasteiger partial charge >= 0.3 is 0 Å². The third-order valence-electron chi connectivity index (χ3n) is 4.00. The van der Waals surface area contributed by atoms with E-state index in [1.54, 1.807) is 11.9 Å². The molecule has 2 aliphatic heterocycles. The Bertz CT molecular complexity index is 614. The molecule has 1 saturated heterocycles. The van der Waals surface area contributed by atoms with Gasteiger partial charge in [-0.05, 0) is 6.07 Å². The lowest BCUT2D eigenvalue weighted by Gasteiger charge is -2.37. The van der Waals surface area contributed by atoms with Gasteiger partial charge in [0.15, 0.2) is 0 Å². The highest BCUT2D eigenvalue weighted by Crippen LogP contribution is 2.43. The van der Waals surface area contributed by atoms with Gasteiger partial charge in [-0.25, -0.2) is 0 Å². The van der Waals surface area contributed by atoms with Gasteiger partial charge in [0.1, 0.15) is 0 Å². The van der Waals surface area contributed by atoms with Crippen LogP contribution in [0, 0.1) is 10.1 Å². The molecule has 2 aliphatic rings. The molecule has 0 aromatic heterocycles. The minimum Gasteiger partial charge on any atom is -0.379 e. The summed E-state index contributed by atoms with van der Waals surface area (Å²) in [4.78, 5) is 25.8. The van der Waals surface area contributed by atoms with E-state index in [1.165, 1.54) is 23.1 Å². The number of aliphatic hydroxyl groups is 1. The molecule has 1 amide bonds. The van der Waals surface area contributed by atoms with Crippen LogP contribution in [0.5, 0.6) is 0 Å². The maximum absolute atomic E-state index is 12.5. The number of hydrogen-bond donors (Lipinski definition) is 1. The molecule has 1 N–H and O–H groups in total. The first kappa shape index (κ1) is 13.9. The number of nitro benzene ring substituents is 1. The molecule has 0 aliphatic carbocycles. The maximum Gasteiger partial charge on any atom is 0.279 e. The molecule has 21 heavy (non-hydrogen) atoms. The second kappa shape index (κ2) is 4.76. The van der Waals surface area contributed by atoms with Crippen molar-refractivity contribution in [2.24, 2.45) is 0 Å². The summed E-state index contributed by atoms with van der Waals surface area (Å²) in [6, 6.07) is 4.09. The SMILES string of the molecule is CN1C(=O)[C@@](O)(N2CCOCC2)c2cc([N+](=O)[O-])ccc21. The first-order chi connectivity index (χ1) is 9.96. The Balaban J connectivity index is 2.12. The zero-order chi connectivity index (χ0) is 15.2. The second-order valence-electron chi connectivity index (χ2n) is 5.09. The Morgan fingerprint density at radius 2 is 2.05 bits per heavy atom. The summed E-state index contributed by atoms with van der Waals surface area (Å²) < 4.78 is 5.23. The predicted octanol–water partition coefficient (Wildman–Crippen LogP) is 0.0485. The van der Waals surface area contributed by atoms with Crippen LogP contribution in [0.15, 0.2) is 18.2 Å². The Morgan fingerprint density at radius 1 is 1.38 bits per heavy atom. The fourth-order valence-corrected chi connectivity index (χ4v) is 2.86. The molecule has 2 heterocycles. The molecule has 0 unspecified atom stereocenters. The molecule has 0 saturated carbocycles. The number of fused-ring (bicyclic) bond motifs is 1. The number of carbonyl (C=O) groups excluding carboxylic acids is 1. The molecule has 0 bridgehead atoms. The van der Waals surface area contributed by atoms with Crippen LogP contribution < -0.4 is 4.90 Å². The van der Waals surface area contributed by atoms with Crippen LogP contribution in [0.4, 0.5) is 11.4 Å². The van der Waals surface area contributed by atoms with Crippen LogP contribution in [0.2, 0.25) is 0 Å². The van der Waals surface area contributed by atoms with Gasteiger partial charge in [0.05, 0.1) is 23.8 Å². The van der Waals surface area contributed by atoms with Crippen molar-refractivity contribution >= 4 is 17.3 Å². The van der Waals surface area contributed by atoms with Crippen LogP contribution >= 0.6 is 0 Å². The number of morpholine rings is 1. The molecule has 0 radical (unpaired) electrons. The average Bonchev–Trinajstić information content (AvgIpc) is 2.70. The zero-order valence-electron chi connectivity index (χ0n) is 11.5. The van der Waals surface area contributed by atoms with Crippen molar-refractivity contribution in [3.05, 3.63) is 33.9 Å². The lowest BCUT2D eigenvalue weighted by Crippen LogP contribution is -2.56. The number of nitro groups is 1. The van der Waals surface area contributed by atoms with Crippen LogP contribution in [0.25, 0.3) is 0 Å². The predicted molar refractivity (Wildman–Crippen MR) is 72.8 cm³/mol. The van der Waals surface area contributed by atoms with E-state index in [1.807, 2.05) is 0 Å². The standard InChI is InChI=1S/C13H15N3O5/c1-14-11-3-2-9(16(19)20)8-10(11)13(18,12(14)17)15-4-6-21-7-5-15/h2-3,8,18H,4-7H2,1H3/t13-/m1/s1. The molecule has 1 fully saturated rings. The summed E-state index contributed by atoms with van der Waals surface area (Å²) >= 11 is 0. The lowest BCUT2D eigenvalue weighted by atomic mass is 10.0. The van der Waals surface area contributed by atoms with Gasteiger partial charge in [0.2, 0.25) is 5.72 Å². The molecule has 1 atom stereocenters. The van der Waals surface area contributed by atoms with Crippen LogP contribution in [-0.4, -0.2) is 54.2 Å². The number of benzene rings is 1. The fraction of sp³-hybridized carbons (Fsp3) is 0.462. The molecule has 112 valence electrons. The number of non-ortho nitro benzene ring substituents is 1. The Morgan fingerprint density at radius 3 is 2.67 bits per heavy atom. The molecular weight excluding hydrogens is 278 g/mol. The Hall–Kier alpha value is -2.03. The third-order valence-corrected chi connectivity index (χ3v) is 4.00. The van der Waals surface area contributed by atoms with Crippen molar-refractivity contribution in [2.45, 2.75) is 5.72 Å². The van der Waals surface area contributed by atoms with E-state index in [0.717, 1.165) is 0 Å². The van der Waals surface area contributed by atoms with Crippen LogP contribution in [0.3, 0.4) is 0 Å². The zero-order valence-corrected chi connectivity index (χ0v) is 11.5. The van der Waals surface area contributed by atoms with Gasteiger partial charge < -0.3 is 14.7 Å². The summed E-state index contributed by atoms with van der Waals surface area (Å²) in [6.07, 6.45) is 0. The summed E-state index contributed by atoms with van der Waals surface area (Å²) in [5.74, 6) is -0.500. The number of ether oxygens (including phenoxy) is 1. The fourth-order valence-electron chi connectivity index (χ4n) is 2.86. The van der Waals surface area contributed by atoms with E-state index < -0.39 is 16.6 Å². The quantitative estimate of drug-likeness (QED) is 0.611. The highest BCUT2D eigenvalue weighted by atomic mass is 16.6. The molecule has 0 spiro atoms. The number of likely N-dealkylation sites (N-methyl/N-ethyl adjacent to an activating group) is 1. The van der Waals surface area contributed by atoms with Crippen molar-refractivity contribution in [3.8, 4) is 0 Å². The minimum absolute atomic E-state index is 0.150. The number of amides is 1. The summed E-state index contributed by atoms with van der Waals surface area (Å²) in [5.41, 5.74) is -1.27. The van der Waals surface area contributed by atoms with Gasteiger partial charge in [0.25, 0.3) is 11.6 Å². The van der Waals surface area contributed by atoms with E-state index in [9.17, 15) is 20.0 Å². The number of carbonyl (C=O) groups is 1. The molecule has 1 aromatic rings. The number of nitrogens with zero attached hydrogens (tertiary/aromatic N) is 3. The third kappa shape index (κ3) is 1.91. The maximum atomic E-state index is 12.5. The van der Waals surface area contributed by atoms with Crippen molar-refractivity contribution in [2.75, 3.05) is 38.3 Å². The van der Waals surface area contributed by atoms with Gasteiger partial charge in [0, 0.05) is 37.8 Å². The van der Waals surface area contributed by atoms with Gasteiger partial charge in [-0.2, -0.15) is 0 Å². The van der Waals surface area contributed by atoms with Crippen molar-refractivity contribution in [1.29, 1.82) is 0 Å². The monoisotopic (exact) mass is 293 g/mol. The minimum atomic E-state index is -1.86. The topological polar surface area (TPSA) is 96.2 Å². The Labute approximate surface area is 120 Å². The lowest BCUT2D eigenvalue weighted by molar-refractivity contribution is -0.385. The van der Waals surface area contributed by atoms with E-state index in [-0.39, 0.29) is 11.3 Å². The van der Waals surface area contributed by atoms with E-state index in [0.29, 0.717) is 32.0 Å². The highest BCUT2D eigenvalue weighted by Gasteiger charge is 2.53. The van der Waals surface area contributed by atoms with Gasteiger partial charge in [-0.3, -0.25) is 19.8 Å². The molecule has 3 rings (SSSR count). The molecular formula is C13H15N3O5. The molecule has 8 nitrogen and oxygen atoms in total. The highest BCUT2D eigenvalue weighted by molar-refractivity contribution is 6.06. The van der Waals surface area contributed by atoms with Crippen LogP contribution in [0.1, 0.15) is 5.56 Å². The smallest absolute Gasteiger partial charge is 0.279 e. The number of rotatable bonds is 2. The Kier molecular flexibility index (Phi) is 3.16. The van der Waals surface area contributed by atoms with Crippen LogP contribution in [-0.2, 0) is 15.3 Å². The summed E-state index contributed by atoms with van der Waals surface area (Å²) in [6.45, 7) is 1.59. The van der Waals surface area contributed by atoms with Gasteiger partial charge in [-0.1, -0.05) is 0 Å². The van der Waals surface area contributed by atoms with Crippen molar-refractivity contribution in [1.82, 2.24) is 4.90 Å². The summed E-state index contributed by atoms with van der Waals surface area (Å²) in [5, 5.41) is 21.9. The van der Waals surface area contributed by atoms with Gasteiger partial charge in [-0.15, -0.1) is 0 Å². The first-order valence-electron chi connectivity index (χ1n) is 6.58. The normalized spacial score (nSPS) is 26.0. The van der Waals surface area contributed by atoms with Crippen molar-refractivity contribution < 1.29 is 19.6 Å². The van der Waals surface area contributed by atoms with Crippen molar-refractivity contribution in [3.63, 3.8) is 0 Å². The van der Waals surface area contributed by atoms with E-state index in [2.05, 4.69) is 0 Å². The van der Waals surface area contributed by atoms with E-state index >= 15 is 0 Å².